The van der Waals surface area contributed by atoms with E-state index in [-0.39, 0.29) is 29.7 Å². The first-order chi connectivity index (χ1) is 17.9. The van der Waals surface area contributed by atoms with E-state index in [9.17, 15) is 23.1 Å². The topological polar surface area (TPSA) is 160 Å². The van der Waals surface area contributed by atoms with Crippen LogP contribution in [0.1, 0.15) is 43.7 Å². The minimum absolute atomic E-state index is 0.0634. The molecule has 4 rings (SSSR count). The standard InChI is InChI=1S/C26H38N6O5S/c1-17-7-11-32(23(12-17)25(34)35)24(33)22(13-18-4-3-9-31(15-18)26(27)28)29-38(36,37)21-6-5-19-8-10-30(2)16-20(19)14-21/h4-6,14,17,22-23,29H,3,7-13,15-16H2,1-2H3,(H3,27,28)(H,34,35)/t17-,22+,23-/m1/s1. The number of carbonyl (C=O) groups is 2. The number of carboxylic acid groups (broad SMARTS) is 1. The minimum Gasteiger partial charge on any atom is -0.480 e. The summed E-state index contributed by atoms with van der Waals surface area (Å²) in [7, 11) is -2.11. The Morgan fingerprint density at radius 3 is 2.68 bits per heavy atom. The Morgan fingerprint density at radius 2 is 1.97 bits per heavy atom. The normalized spacial score (nSPS) is 23.4. The number of nitrogens with one attached hydrogen (secondary N) is 2. The molecule has 1 aromatic rings. The zero-order valence-corrected chi connectivity index (χ0v) is 22.8. The van der Waals surface area contributed by atoms with E-state index in [4.69, 9.17) is 11.1 Å². The molecule has 0 aromatic heterocycles. The van der Waals surface area contributed by atoms with Gasteiger partial charge in [-0.2, -0.15) is 4.72 Å². The van der Waals surface area contributed by atoms with E-state index in [1.54, 1.807) is 17.0 Å². The van der Waals surface area contributed by atoms with E-state index < -0.39 is 34.0 Å². The number of piperidine rings is 1. The smallest absolute Gasteiger partial charge is 0.326 e. The van der Waals surface area contributed by atoms with Crippen LogP contribution in [0.25, 0.3) is 0 Å². The number of benzene rings is 1. The summed E-state index contributed by atoms with van der Waals surface area (Å²) in [6.07, 6.45) is 4.42. The molecule has 0 unspecified atom stereocenters. The maximum absolute atomic E-state index is 13.8. The van der Waals surface area contributed by atoms with Crippen LogP contribution in [-0.2, 0) is 32.6 Å². The molecule has 12 heteroatoms. The summed E-state index contributed by atoms with van der Waals surface area (Å²) in [6, 6.07) is 2.86. The van der Waals surface area contributed by atoms with Gasteiger partial charge in [0.25, 0.3) is 0 Å². The Labute approximate surface area is 224 Å². The first kappa shape index (κ1) is 28.1. The van der Waals surface area contributed by atoms with Crippen molar-refractivity contribution in [3.8, 4) is 0 Å². The summed E-state index contributed by atoms with van der Waals surface area (Å²) in [5.74, 6) is -1.58. The second kappa shape index (κ2) is 11.4. The van der Waals surface area contributed by atoms with Crippen LogP contribution in [0.4, 0.5) is 0 Å². The van der Waals surface area contributed by atoms with Gasteiger partial charge in [0.1, 0.15) is 12.1 Å². The number of sulfonamides is 1. The molecule has 1 saturated heterocycles. The number of guanidine groups is 1. The number of amides is 1. The number of likely N-dealkylation sites (N-methyl/N-ethyl adjacent to an activating group) is 1. The van der Waals surface area contributed by atoms with Crippen LogP contribution < -0.4 is 10.5 Å². The lowest BCUT2D eigenvalue weighted by molar-refractivity contribution is -0.153. The van der Waals surface area contributed by atoms with Crippen molar-refractivity contribution in [3.05, 3.63) is 41.0 Å². The fourth-order valence-electron chi connectivity index (χ4n) is 5.54. The molecular formula is C26H38N6O5S. The van der Waals surface area contributed by atoms with Crippen LogP contribution in [-0.4, -0.2) is 91.4 Å². The summed E-state index contributed by atoms with van der Waals surface area (Å²) < 4.78 is 29.8. The Bertz CT molecular complexity index is 1230. The monoisotopic (exact) mass is 546 g/mol. The predicted molar refractivity (Wildman–Crippen MR) is 143 cm³/mol. The highest BCUT2D eigenvalue weighted by Gasteiger charge is 2.39. The molecule has 1 amide bonds. The van der Waals surface area contributed by atoms with Crippen molar-refractivity contribution in [3.63, 3.8) is 0 Å². The molecule has 0 bridgehead atoms. The maximum Gasteiger partial charge on any atom is 0.326 e. The van der Waals surface area contributed by atoms with E-state index in [0.717, 1.165) is 29.7 Å². The number of aliphatic carboxylic acids is 1. The molecule has 3 aliphatic rings. The highest BCUT2D eigenvalue weighted by atomic mass is 32.2. The lowest BCUT2D eigenvalue weighted by Crippen LogP contribution is -2.56. The second-order valence-corrected chi connectivity index (χ2v) is 12.5. The van der Waals surface area contributed by atoms with Crippen LogP contribution in [0.5, 0.6) is 0 Å². The van der Waals surface area contributed by atoms with Gasteiger partial charge in [0.05, 0.1) is 4.90 Å². The number of carboxylic acids is 1. The van der Waals surface area contributed by atoms with Gasteiger partial charge in [-0.15, -0.1) is 0 Å². The fourth-order valence-corrected chi connectivity index (χ4v) is 6.78. The van der Waals surface area contributed by atoms with Crippen molar-refractivity contribution in [1.82, 2.24) is 19.4 Å². The van der Waals surface area contributed by atoms with Crippen LogP contribution in [0.15, 0.2) is 34.7 Å². The molecule has 3 aliphatic heterocycles. The lowest BCUT2D eigenvalue weighted by atomic mass is 9.91. The van der Waals surface area contributed by atoms with Crippen molar-refractivity contribution in [2.75, 3.05) is 33.2 Å². The quantitative estimate of drug-likeness (QED) is 0.223. The predicted octanol–water partition coefficient (Wildman–Crippen LogP) is 0.949. The number of hydrogen-bond acceptors (Lipinski definition) is 6. The molecular weight excluding hydrogens is 508 g/mol. The van der Waals surface area contributed by atoms with E-state index in [1.165, 1.54) is 4.90 Å². The molecule has 1 fully saturated rings. The lowest BCUT2D eigenvalue weighted by Gasteiger charge is -2.38. The molecule has 0 aliphatic carbocycles. The zero-order valence-electron chi connectivity index (χ0n) is 22.0. The van der Waals surface area contributed by atoms with Gasteiger partial charge in [-0.3, -0.25) is 10.2 Å². The van der Waals surface area contributed by atoms with Crippen molar-refractivity contribution in [2.24, 2.45) is 11.7 Å². The third kappa shape index (κ3) is 6.36. The molecule has 38 heavy (non-hydrogen) atoms. The minimum atomic E-state index is -4.09. The summed E-state index contributed by atoms with van der Waals surface area (Å²) in [5.41, 5.74) is 8.49. The van der Waals surface area contributed by atoms with Crippen molar-refractivity contribution in [1.29, 1.82) is 5.41 Å². The maximum atomic E-state index is 13.8. The molecule has 0 radical (unpaired) electrons. The Balaban J connectivity index is 1.63. The first-order valence-electron chi connectivity index (χ1n) is 13.1. The van der Waals surface area contributed by atoms with Crippen LogP contribution in [0.2, 0.25) is 0 Å². The largest absolute Gasteiger partial charge is 0.480 e. The number of nitrogens with zero attached hydrogens (tertiary/aromatic N) is 3. The summed E-state index contributed by atoms with van der Waals surface area (Å²) in [6.45, 7) is 4.62. The fraction of sp³-hybridized carbons (Fsp3) is 0.577. The number of fused-ring (bicyclic) bond motifs is 1. The van der Waals surface area contributed by atoms with Crippen molar-refractivity contribution >= 4 is 27.9 Å². The van der Waals surface area contributed by atoms with Gasteiger partial charge in [-0.1, -0.05) is 24.6 Å². The van der Waals surface area contributed by atoms with Gasteiger partial charge in [0, 0.05) is 32.7 Å². The Morgan fingerprint density at radius 1 is 1.21 bits per heavy atom. The average molecular weight is 547 g/mol. The summed E-state index contributed by atoms with van der Waals surface area (Å²) in [4.78, 5) is 31.0. The molecule has 3 atom stereocenters. The molecule has 208 valence electrons. The van der Waals surface area contributed by atoms with Gasteiger partial charge in [-0.05, 0) is 68.3 Å². The van der Waals surface area contributed by atoms with Gasteiger partial charge in [0.2, 0.25) is 15.9 Å². The van der Waals surface area contributed by atoms with Gasteiger partial charge < -0.3 is 25.5 Å². The highest BCUT2D eigenvalue weighted by molar-refractivity contribution is 7.89. The van der Waals surface area contributed by atoms with E-state index >= 15 is 0 Å². The van der Waals surface area contributed by atoms with Crippen LogP contribution in [0.3, 0.4) is 0 Å². The second-order valence-electron chi connectivity index (χ2n) is 10.8. The van der Waals surface area contributed by atoms with Crippen molar-refractivity contribution < 1.29 is 23.1 Å². The highest BCUT2D eigenvalue weighted by Crippen LogP contribution is 2.27. The van der Waals surface area contributed by atoms with Gasteiger partial charge in [-0.25, -0.2) is 13.2 Å². The summed E-state index contributed by atoms with van der Waals surface area (Å²) >= 11 is 0. The zero-order chi connectivity index (χ0) is 27.6. The molecule has 1 aromatic carbocycles. The van der Waals surface area contributed by atoms with Crippen LogP contribution >= 0.6 is 0 Å². The van der Waals surface area contributed by atoms with E-state index in [1.807, 2.05) is 26.1 Å². The van der Waals surface area contributed by atoms with E-state index in [0.29, 0.717) is 38.9 Å². The number of rotatable bonds is 7. The molecule has 11 nitrogen and oxygen atoms in total. The molecule has 0 saturated carbocycles. The average Bonchev–Trinajstić information content (AvgIpc) is 2.87. The van der Waals surface area contributed by atoms with Crippen molar-refractivity contribution in [2.45, 2.75) is 62.6 Å². The first-order valence-corrected chi connectivity index (χ1v) is 14.6. The summed E-state index contributed by atoms with van der Waals surface area (Å²) in [5, 5.41) is 17.6. The van der Waals surface area contributed by atoms with E-state index in [2.05, 4.69) is 9.62 Å². The number of hydrogen-bond donors (Lipinski definition) is 4. The van der Waals surface area contributed by atoms with Crippen LogP contribution in [0, 0.1) is 11.3 Å². The third-order valence-electron chi connectivity index (χ3n) is 7.75. The number of carbonyl (C=O) groups excluding carboxylic acids is 1. The third-order valence-corrected chi connectivity index (χ3v) is 9.22. The molecule has 5 N–H and O–H groups in total. The molecule has 3 heterocycles. The number of nitrogens with two attached hydrogens (primary N) is 1. The van der Waals surface area contributed by atoms with Gasteiger partial charge >= 0.3 is 5.97 Å². The molecule has 0 spiro atoms. The SMILES string of the molecule is C[C@@H]1CCN(C(=O)[C@H](CC2=CCCN(C(=N)N)C2)NS(=O)(=O)c2ccc3c(c2)CN(C)CC3)[C@@H](C(=O)O)C1. The number of likely N-dealkylation sites (tertiary alicyclic amines) is 1. The Hall–Kier alpha value is -2.96. The Kier molecular flexibility index (Phi) is 8.43. The van der Waals surface area contributed by atoms with Gasteiger partial charge in [0.15, 0.2) is 5.96 Å².